The molecule has 2 saturated heterocycles. The van der Waals surface area contributed by atoms with E-state index in [9.17, 15) is 14.0 Å². The first-order valence-electron chi connectivity index (χ1n) is 13.3. The third kappa shape index (κ3) is 6.96. The van der Waals surface area contributed by atoms with Gasteiger partial charge in [0.1, 0.15) is 11.9 Å². The highest BCUT2D eigenvalue weighted by atomic mass is 19.1. The van der Waals surface area contributed by atoms with E-state index >= 15 is 0 Å². The Bertz CT molecular complexity index is 806. The second-order valence-corrected chi connectivity index (χ2v) is 10.3. The van der Waals surface area contributed by atoms with E-state index in [-0.39, 0.29) is 29.2 Å². The lowest BCUT2D eigenvalue weighted by atomic mass is 9.63. The molecule has 6 nitrogen and oxygen atoms in total. The van der Waals surface area contributed by atoms with Crippen LogP contribution >= 0.6 is 0 Å². The van der Waals surface area contributed by atoms with Crippen molar-refractivity contribution in [2.24, 2.45) is 17.3 Å². The van der Waals surface area contributed by atoms with Crippen LogP contribution in [0.3, 0.4) is 0 Å². The molecule has 2 fully saturated rings. The van der Waals surface area contributed by atoms with Crippen LogP contribution < -0.4 is 5.32 Å². The van der Waals surface area contributed by atoms with Gasteiger partial charge in [0.15, 0.2) is 0 Å². The number of urea groups is 1. The molecule has 7 heteroatoms. The van der Waals surface area contributed by atoms with Crippen molar-refractivity contribution in [3.63, 3.8) is 0 Å². The largest absolute Gasteiger partial charge is 0.467 e. The van der Waals surface area contributed by atoms with E-state index in [4.69, 9.17) is 4.74 Å². The van der Waals surface area contributed by atoms with Gasteiger partial charge in [0, 0.05) is 31.1 Å². The van der Waals surface area contributed by atoms with Crippen molar-refractivity contribution in [2.45, 2.75) is 79.3 Å². The van der Waals surface area contributed by atoms with Gasteiger partial charge in [-0.15, -0.1) is 0 Å². The van der Waals surface area contributed by atoms with E-state index in [2.05, 4.69) is 24.1 Å². The average Bonchev–Trinajstić information content (AvgIpc) is 2.86. The smallest absolute Gasteiger partial charge is 0.328 e. The Balaban J connectivity index is 0.00000210. The highest BCUT2D eigenvalue weighted by Crippen LogP contribution is 2.55. The summed E-state index contributed by atoms with van der Waals surface area (Å²) in [4.78, 5) is 29.5. The van der Waals surface area contributed by atoms with E-state index in [0.29, 0.717) is 19.0 Å². The van der Waals surface area contributed by atoms with Crippen molar-refractivity contribution < 1.29 is 18.7 Å². The van der Waals surface area contributed by atoms with Crippen LogP contribution in [0.2, 0.25) is 0 Å². The Kier molecular flexibility index (Phi) is 11.0. The number of likely N-dealkylation sites (tertiary alicyclic amines) is 2. The van der Waals surface area contributed by atoms with Gasteiger partial charge in [-0.3, -0.25) is 4.90 Å². The van der Waals surface area contributed by atoms with Crippen LogP contribution in [0.25, 0.3) is 0 Å². The maximum atomic E-state index is 13.6. The summed E-state index contributed by atoms with van der Waals surface area (Å²) < 4.78 is 18.5. The second-order valence-electron chi connectivity index (χ2n) is 10.3. The third-order valence-corrected chi connectivity index (χ3v) is 7.64. The fourth-order valence-corrected chi connectivity index (χ4v) is 5.31. The molecule has 0 bridgehead atoms. The lowest BCUT2D eigenvalue weighted by molar-refractivity contribution is -0.144. The zero-order valence-electron chi connectivity index (χ0n) is 22.8. The van der Waals surface area contributed by atoms with Gasteiger partial charge in [-0.25, -0.2) is 14.0 Å². The van der Waals surface area contributed by atoms with Crippen molar-refractivity contribution in [1.29, 1.82) is 0 Å². The average molecular weight is 492 g/mol. The Hall–Kier alpha value is -2.15. The number of halogens is 1. The van der Waals surface area contributed by atoms with Gasteiger partial charge >= 0.3 is 12.0 Å². The molecule has 3 rings (SSSR count). The van der Waals surface area contributed by atoms with Gasteiger partial charge in [0.25, 0.3) is 0 Å². The predicted octanol–water partition coefficient (Wildman–Crippen LogP) is 5.63. The summed E-state index contributed by atoms with van der Waals surface area (Å²) in [5, 5.41) is 2.90. The number of benzene rings is 1. The maximum absolute atomic E-state index is 13.6. The first-order chi connectivity index (χ1) is 16.7. The number of amides is 2. The lowest BCUT2D eigenvalue weighted by Gasteiger charge is -2.61. The van der Waals surface area contributed by atoms with Crippen LogP contribution in [0.5, 0.6) is 0 Å². The number of rotatable bonds is 8. The number of piperidine rings is 1. The van der Waals surface area contributed by atoms with Crippen molar-refractivity contribution in [3.8, 4) is 0 Å². The number of carbonyl (C=O) groups excluding carboxylic acids is 2. The highest BCUT2D eigenvalue weighted by Gasteiger charge is 2.54. The summed E-state index contributed by atoms with van der Waals surface area (Å²) in [6.45, 7) is 15.7. The topological polar surface area (TPSA) is 61.9 Å². The van der Waals surface area contributed by atoms with E-state index in [0.717, 1.165) is 44.3 Å². The van der Waals surface area contributed by atoms with Gasteiger partial charge < -0.3 is 15.0 Å². The van der Waals surface area contributed by atoms with Crippen LogP contribution in [0.4, 0.5) is 9.18 Å². The fraction of sp³-hybridized carbons (Fsp3) is 0.714. The van der Waals surface area contributed by atoms with Crippen molar-refractivity contribution >= 4 is 12.0 Å². The SMILES string of the molecule is CC.CCC(C)C(NC(=O)N1CCC2(CC1)CN(CCC(C)C)C2c1ccc(F)cc1)C(=O)OC. The normalized spacial score (nSPS) is 20.9. The molecule has 2 amide bonds. The van der Waals surface area contributed by atoms with E-state index in [1.807, 2.05) is 44.7 Å². The molecule has 198 valence electrons. The molecule has 1 aromatic rings. The Morgan fingerprint density at radius 3 is 2.26 bits per heavy atom. The van der Waals surface area contributed by atoms with Crippen molar-refractivity contribution in [2.75, 3.05) is 33.3 Å². The maximum Gasteiger partial charge on any atom is 0.328 e. The molecule has 0 aliphatic carbocycles. The Morgan fingerprint density at radius 2 is 1.74 bits per heavy atom. The molecule has 0 saturated carbocycles. The summed E-state index contributed by atoms with van der Waals surface area (Å²) in [5.41, 5.74) is 1.26. The van der Waals surface area contributed by atoms with Crippen LogP contribution in [0.15, 0.2) is 24.3 Å². The molecular weight excluding hydrogens is 445 g/mol. The molecule has 1 aromatic carbocycles. The standard InChI is InChI=1S/C26H40FN3O3.C2H6/c1-6-19(4)22(24(31)33-5)28-25(32)29-15-12-26(13-16-29)17-30(14-11-18(2)3)23(26)20-7-9-21(27)10-8-20;1-2/h7-10,18-19,22-23H,6,11-17H2,1-5H3,(H,28,32);1-2H3. The van der Waals surface area contributed by atoms with Gasteiger partial charge in [-0.1, -0.05) is 60.1 Å². The minimum atomic E-state index is -0.634. The second kappa shape index (κ2) is 13.2. The van der Waals surface area contributed by atoms with Gasteiger partial charge in [0.05, 0.1) is 7.11 Å². The Morgan fingerprint density at radius 1 is 1.14 bits per heavy atom. The number of nitrogens with one attached hydrogen (secondary N) is 1. The fourth-order valence-electron chi connectivity index (χ4n) is 5.31. The van der Waals surface area contributed by atoms with Crippen LogP contribution in [0, 0.1) is 23.1 Å². The number of methoxy groups -OCH3 is 1. The first kappa shape index (κ1) is 29.1. The zero-order chi connectivity index (χ0) is 26.2. The van der Waals surface area contributed by atoms with Crippen molar-refractivity contribution in [1.82, 2.24) is 15.1 Å². The molecule has 3 unspecified atom stereocenters. The van der Waals surface area contributed by atoms with Crippen LogP contribution in [0.1, 0.15) is 78.8 Å². The highest BCUT2D eigenvalue weighted by molar-refractivity contribution is 5.83. The van der Waals surface area contributed by atoms with Gasteiger partial charge in [-0.05, 0) is 55.3 Å². The minimum absolute atomic E-state index is 0.00142. The molecule has 2 aliphatic heterocycles. The summed E-state index contributed by atoms with van der Waals surface area (Å²) >= 11 is 0. The number of ether oxygens (including phenoxy) is 1. The number of hydrogen-bond acceptors (Lipinski definition) is 4. The predicted molar refractivity (Wildman–Crippen MR) is 139 cm³/mol. The van der Waals surface area contributed by atoms with Crippen LogP contribution in [-0.2, 0) is 9.53 Å². The van der Waals surface area contributed by atoms with E-state index < -0.39 is 12.0 Å². The lowest BCUT2D eigenvalue weighted by Crippen LogP contribution is -2.63. The number of hydrogen-bond donors (Lipinski definition) is 1. The minimum Gasteiger partial charge on any atom is -0.467 e. The van der Waals surface area contributed by atoms with E-state index in [1.54, 1.807) is 12.1 Å². The van der Waals surface area contributed by atoms with Crippen molar-refractivity contribution in [3.05, 3.63) is 35.6 Å². The summed E-state index contributed by atoms with van der Waals surface area (Å²) in [6, 6.07) is 6.34. The molecule has 1 N–H and O–H groups in total. The van der Waals surface area contributed by atoms with Gasteiger partial charge in [0.2, 0.25) is 0 Å². The molecule has 2 heterocycles. The molecule has 1 spiro atoms. The summed E-state index contributed by atoms with van der Waals surface area (Å²) in [5.74, 6) is 0.0203. The third-order valence-electron chi connectivity index (χ3n) is 7.64. The molecular formula is C28H46FN3O3. The van der Waals surface area contributed by atoms with E-state index in [1.165, 1.54) is 7.11 Å². The molecule has 3 atom stereocenters. The Labute approximate surface area is 211 Å². The molecule has 0 radical (unpaired) electrons. The molecule has 0 aromatic heterocycles. The first-order valence-corrected chi connectivity index (χ1v) is 13.3. The molecule has 35 heavy (non-hydrogen) atoms. The number of carbonyl (C=O) groups is 2. The quantitative estimate of drug-likeness (QED) is 0.479. The number of nitrogens with zero attached hydrogens (tertiary/aromatic N) is 2. The van der Waals surface area contributed by atoms with Gasteiger partial charge in [-0.2, -0.15) is 0 Å². The number of esters is 1. The summed E-state index contributed by atoms with van der Waals surface area (Å²) in [6.07, 6.45) is 3.70. The monoisotopic (exact) mass is 491 g/mol. The summed E-state index contributed by atoms with van der Waals surface area (Å²) in [7, 11) is 1.35. The van der Waals surface area contributed by atoms with Crippen LogP contribution in [-0.4, -0.2) is 61.1 Å². The molecule has 2 aliphatic rings. The zero-order valence-corrected chi connectivity index (χ0v) is 22.8.